The zero-order chi connectivity index (χ0) is 18.2. The number of aromatic nitrogens is 4. The summed E-state index contributed by atoms with van der Waals surface area (Å²) in [6, 6.07) is 1.61. The summed E-state index contributed by atoms with van der Waals surface area (Å²) in [5.74, 6) is 5.38. The first kappa shape index (κ1) is 17.0. The maximum Gasteiger partial charge on any atom is 0.406 e. The second kappa shape index (κ2) is 5.93. The molecule has 0 aromatic carbocycles. The van der Waals surface area contributed by atoms with Gasteiger partial charge in [-0.3, -0.25) is 5.10 Å². The van der Waals surface area contributed by atoms with E-state index in [4.69, 9.17) is 0 Å². The van der Waals surface area contributed by atoms with Crippen molar-refractivity contribution in [2.75, 3.05) is 0 Å². The summed E-state index contributed by atoms with van der Waals surface area (Å²) in [7, 11) is 0. The first-order valence-corrected chi connectivity index (χ1v) is 7.43. The fraction of sp³-hybridized carbons (Fsp3) is 0.294. The predicted molar refractivity (Wildman–Crippen MR) is 86.5 cm³/mol. The Bertz CT molecular complexity index is 954. The topological polar surface area (TPSA) is 66.7 Å². The summed E-state index contributed by atoms with van der Waals surface area (Å²) in [5.41, 5.74) is 0.790. The molecule has 0 saturated heterocycles. The fourth-order valence-electron chi connectivity index (χ4n) is 2.43. The highest BCUT2D eigenvalue weighted by atomic mass is 19.4. The van der Waals surface area contributed by atoms with E-state index in [1.165, 1.54) is 32.4 Å². The molecule has 0 spiro atoms. The van der Waals surface area contributed by atoms with Crippen LogP contribution in [0.15, 0.2) is 30.9 Å². The number of halogens is 3. The molecule has 2 N–H and O–H groups in total. The molecule has 3 heterocycles. The third kappa shape index (κ3) is 4.00. The van der Waals surface area contributed by atoms with Crippen molar-refractivity contribution in [2.24, 2.45) is 0 Å². The number of pyridine rings is 1. The number of aromatic amines is 1. The standard InChI is InChI=1S/C17H15F3N4O/c1-16(2,25)4-3-12-5-13-14(11-6-22-23-7-11)9-24(10-17(18,19)20)15(13)8-21-12/h5-9,25H,10H2,1-2H3,(H,22,23). The number of fused-ring (bicyclic) bond motifs is 1. The lowest BCUT2D eigenvalue weighted by Gasteiger charge is -2.08. The SMILES string of the molecule is CC(C)(O)C#Cc1cc2c(-c3cn[nH]c3)cn(CC(F)(F)F)c2cn1. The summed E-state index contributed by atoms with van der Waals surface area (Å²) in [6.45, 7) is 1.96. The molecule has 0 amide bonds. The molecule has 3 rings (SSSR count). The third-order valence-electron chi connectivity index (χ3n) is 3.42. The zero-order valence-electron chi connectivity index (χ0n) is 13.5. The van der Waals surface area contributed by atoms with Crippen LogP contribution in [0.2, 0.25) is 0 Å². The minimum atomic E-state index is -4.35. The Morgan fingerprint density at radius 1 is 1.28 bits per heavy atom. The van der Waals surface area contributed by atoms with E-state index in [9.17, 15) is 18.3 Å². The molecule has 130 valence electrons. The van der Waals surface area contributed by atoms with Gasteiger partial charge in [-0.2, -0.15) is 18.3 Å². The molecule has 8 heteroatoms. The number of nitrogens with zero attached hydrogens (tertiary/aromatic N) is 3. The number of hydrogen-bond acceptors (Lipinski definition) is 3. The van der Waals surface area contributed by atoms with Crippen LogP contribution in [0.4, 0.5) is 13.2 Å². The monoisotopic (exact) mass is 348 g/mol. The predicted octanol–water partition coefficient (Wildman–Crippen LogP) is 3.11. The Hall–Kier alpha value is -2.79. The maximum atomic E-state index is 12.8. The van der Waals surface area contributed by atoms with Crippen molar-refractivity contribution < 1.29 is 18.3 Å². The van der Waals surface area contributed by atoms with Crippen LogP contribution in [0, 0.1) is 11.8 Å². The lowest BCUT2D eigenvalue weighted by atomic mass is 10.1. The molecular weight excluding hydrogens is 333 g/mol. The Morgan fingerprint density at radius 2 is 2.04 bits per heavy atom. The van der Waals surface area contributed by atoms with Gasteiger partial charge in [0.15, 0.2) is 0 Å². The Kier molecular flexibility index (Phi) is 4.05. The molecule has 0 aliphatic rings. The number of H-pyrrole nitrogens is 1. The van der Waals surface area contributed by atoms with Crippen molar-refractivity contribution >= 4 is 10.9 Å². The second-order valence-electron chi connectivity index (χ2n) is 6.17. The van der Waals surface area contributed by atoms with Gasteiger partial charge in [0.05, 0.1) is 17.9 Å². The highest BCUT2D eigenvalue weighted by Crippen LogP contribution is 2.32. The summed E-state index contributed by atoms with van der Waals surface area (Å²) in [6.07, 6.45) is 1.58. The van der Waals surface area contributed by atoms with Gasteiger partial charge in [0.25, 0.3) is 0 Å². The van der Waals surface area contributed by atoms with Crippen LogP contribution in [-0.2, 0) is 6.54 Å². The van der Waals surface area contributed by atoms with Crippen molar-refractivity contribution in [3.63, 3.8) is 0 Å². The second-order valence-corrected chi connectivity index (χ2v) is 6.17. The van der Waals surface area contributed by atoms with Crippen molar-refractivity contribution in [1.82, 2.24) is 19.7 Å². The van der Waals surface area contributed by atoms with Gasteiger partial charge in [0, 0.05) is 28.9 Å². The van der Waals surface area contributed by atoms with Gasteiger partial charge in [0.1, 0.15) is 17.8 Å². The van der Waals surface area contributed by atoms with Crippen LogP contribution >= 0.6 is 0 Å². The van der Waals surface area contributed by atoms with Crippen LogP contribution in [-0.4, -0.2) is 36.6 Å². The molecule has 0 bridgehead atoms. The van der Waals surface area contributed by atoms with E-state index >= 15 is 0 Å². The smallest absolute Gasteiger partial charge is 0.378 e. The molecular formula is C17H15F3N4O. The van der Waals surface area contributed by atoms with Gasteiger partial charge in [-0.15, -0.1) is 0 Å². The number of hydrogen-bond donors (Lipinski definition) is 2. The van der Waals surface area contributed by atoms with E-state index in [0.29, 0.717) is 27.7 Å². The first-order valence-electron chi connectivity index (χ1n) is 7.43. The van der Waals surface area contributed by atoms with Crippen LogP contribution in [0.1, 0.15) is 19.5 Å². The first-order chi connectivity index (χ1) is 11.6. The van der Waals surface area contributed by atoms with Crippen LogP contribution in [0.25, 0.3) is 22.0 Å². The summed E-state index contributed by atoms with van der Waals surface area (Å²) in [4.78, 5) is 4.10. The van der Waals surface area contributed by atoms with E-state index < -0.39 is 18.3 Å². The number of aliphatic hydroxyl groups is 1. The van der Waals surface area contributed by atoms with E-state index in [-0.39, 0.29) is 0 Å². The van der Waals surface area contributed by atoms with Gasteiger partial charge in [-0.1, -0.05) is 5.92 Å². The molecule has 0 atom stereocenters. The van der Waals surface area contributed by atoms with Crippen molar-refractivity contribution in [3.8, 4) is 23.0 Å². The Labute approximate surface area is 141 Å². The Balaban J connectivity index is 2.16. The van der Waals surface area contributed by atoms with Crippen molar-refractivity contribution in [2.45, 2.75) is 32.2 Å². The quantitative estimate of drug-likeness (QED) is 0.700. The normalized spacial score (nSPS) is 12.2. The van der Waals surface area contributed by atoms with E-state index in [0.717, 1.165) is 4.57 Å². The van der Waals surface area contributed by atoms with Gasteiger partial charge >= 0.3 is 6.18 Å². The highest BCUT2D eigenvalue weighted by molar-refractivity contribution is 5.96. The average Bonchev–Trinajstić information content (AvgIpc) is 3.11. The Morgan fingerprint density at radius 3 is 2.64 bits per heavy atom. The summed E-state index contributed by atoms with van der Waals surface area (Å²) in [5, 5.41) is 16.8. The third-order valence-corrected chi connectivity index (χ3v) is 3.42. The lowest BCUT2D eigenvalue weighted by molar-refractivity contribution is -0.139. The van der Waals surface area contributed by atoms with Gasteiger partial charge in [-0.25, -0.2) is 4.98 Å². The van der Waals surface area contributed by atoms with Crippen molar-refractivity contribution in [1.29, 1.82) is 0 Å². The summed E-state index contributed by atoms with van der Waals surface area (Å²) < 4.78 is 39.6. The zero-order valence-corrected chi connectivity index (χ0v) is 13.5. The number of rotatable bonds is 2. The van der Waals surface area contributed by atoms with Crippen LogP contribution < -0.4 is 0 Å². The van der Waals surface area contributed by atoms with E-state index in [2.05, 4.69) is 27.0 Å². The molecule has 0 aliphatic heterocycles. The molecule has 0 aliphatic carbocycles. The molecule has 0 fully saturated rings. The number of nitrogens with one attached hydrogen (secondary N) is 1. The van der Waals surface area contributed by atoms with Crippen molar-refractivity contribution in [3.05, 3.63) is 36.5 Å². The fourth-order valence-corrected chi connectivity index (χ4v) is 2.43. The van der Waals surface area contributed by atoms with Gasteiger partial charge in [-0.05, 0) is 25.8 Å². The molecule has 0 saturated carbocycles. The maximum absolute atomic E-state index is 12.8. The highest BCUT2D eigenvalue weighted by Gasteiger charge is 2.29. The minimum absolute atomic E-state index is 0.349. The molecule has 3 aromatic rings. The molecule has 25 heavy (non-hydrogen) atoms. The van der Waals surface area contributed by atoms with Crippen LogP contribution in [0.3, 0.4) is 0 Å². The van der Waals surface area contributed by atoms with Gasteiger partial charge in [0.2, 0.25) is 0 Å². The van der Waals surface area contributed by atoms with Gasteiger partial charge < -0.3 is 9.67 Å². The summed E-state index contributed by atoms with van der Waals surface area (Å²) >= 11 is 0. The van der Waals surface area contributed by atoms with E-state index in [1.807, 2.05) is 0 Å². The molecule has 3 aromatic heterocycles. The molecule has 5 nitrogen and oxygen atoms in total. The van der Waals surface area contributed by atoms with Crippen LogP contribution in [0.5, 0.6) is 0 Å². The molecule has 0 radical (unpaired) electrons. The minimum Gasteiger partial charge on any atom is -0.378 e. The van der Waals surface area contributed by atoms with E-state index in [1.54, 1.807) is 12.3 Å². The lowest BCUT2D eigenvalue weighted by Crippen LogP contribution is -2.16. The number of alkyl halides is 3. The molecule has 0 unspecified atom stereocenters. The average molecular weight is 348 g/mol. The largest absolute Gasteiger partial charge is 0.406 e.